The van der Waals surface area contributed by atoms with Gasteiger partial charge in [0.05, 0.1) is 11.1 Å². The molecule has 8 heteroatoms. The van der Waals surface area contributed by atoms with Crippen LogP contribution in [0.15, 0.2) is 45.7 Å². The lowest BCUT2D eigenvalue weighted by Crippen LogP contribution is -2.15. The SMILES string of the molecule is Cl.NCCOc1c(-c2ccc(Br)cc2)[nH]c(=O)c2c(F)c(F)ccc12. The zero-order chi connectivity index (χ0) is 17.3. The van der Waals surface area contributed by atoms with E-state index in [1.807, 2.05) is 0 Å². The number of ether oxygens (including phenoxy) is 1. The van der Waals surface area contributed by atoms with Crippen LogP contribution < -0.4 is 16.0 Å². The molecule has 0 aliphatic rings. The van der Waals surface area contributed by atoms with Crippen molar-refractivity contribution in [1.29, 1.82) is 0 Å². The molecule has 0 atom stereocenters. The van der Waals surface area contributed by atoms with E-state index < -0.39 is 17.2 Å². The van der Waals surface area contributed by atoms with Crippen LogP contribution in [-0.2, 0) is 0 Å². The number of pyridine rings is 1. The smallest absolute Gasteiger partial charge is 0.259 e. The Balaban J connectivity index is 0.00000225. The van der Waals surface area contributed by atoms with Gasteiger partial charge in [-0.15, -0.1) is 12.4 Å². The summed E-state index contributed by atoms with van der Waals surface area (Å²) in [6, 6.07) is 9.45. The Morgan fingerprint density at radius 1 is 1.12 bits per heavy atom. The van der Waals surface area contributed by atoms with Crippen molar-refractivity contribution < 1.29 is 13.5 Å². The first-order chi connectivity index (χ1) is 11.5. The van der Waals surface area contributed by atoms with E-state index in [-0.39, 0.29) is 42.1 Å². The van der Waals surface area contributed by atoms with Gasteiger partial charge < -0.3 is 15.5 Å². The second-order valence-electron chi connectivity index (χ2n) is 5.09. The van der Waals surface area contributed by atoms with E-state index in [0.717, 1.165) is 10.5 Å². The first-order valence-electron chi connectivity index (χ1n) is 7.15. The van der Waals surface area contributed by atoms with E-state index in [4.69, 9.17) is 10.5 Å². The van der Waals surface area contributed by atoms with Crippen molar-refractivity contribution in [3.63, 3.8) is 0 Å². The van der Waals surface area contributed by atoms with Gasteiger partial charge in [0.1, 0.15) is 6.61 Å². The first kappa shape index (κ1) is 19.4. The Morgan fingerprint density at radius 2 is 1.80 bits per heavy atom. The number of H-pyrrole nitrogens is 1. The molecule has 3 N–H and O–H groups in total. The Labute approximate surface area is 156 Å². The van der Waals surface area contributed by atoms with Gasteiger partial charge in [-0.25, -0.2) is 8.78 Å². The Bertz CT molecular complexity index is 962. The number of rotatable bonds is 4. The molecular formula is C17H14BrClF2N2O2. The third kappa shape index (κ3) is 3.68. The highest BCUT2D eigenvalue weighted by Gasteiger charge is 2.19. The standard InChI is InChI=1S/C17H13BrF2N2O2.ClH/c18-10-3-1-9(2-4-10)15-16(24-8-7-21)11-5-6-12(19)14(20)13(11)17(23)22-15;/h1-6H,7-8,21H2,(H,22,23);1H. The van der Waals surface area contributed by atoms with E-state index in [2.05, 4.69) is 20.9 Å². The molecular weight excluding hydrogens is 418 g/mol. The number of nitrogens with one attached hydrogen (secondary N) is 1. The van der Waals surface area contributed by atoms with E-state index in [0.29, 0.717) is 11.3 Å². The largest absolute Gasteiger partial charge is 0.489 e. The summed E-state index contributed by atoms with van der Waals surface area (Å²) in [7, 11) is 0. The molecule has 0 unspecified atom stereocenters. The van der Waals surface area contributed by atoms with Gasteiger partial charge in [0, 0.05) is 22.0 Å². The minimum Gasteiger partial charge on any atom is -0.489 e. The van der Waals surface area contributed by atoms with E-state index >= 15 is 0 Å². The van der Waals surface area contributed by atoms with E-state index in [1.54, 1.807) is 24.3 Å². The van der Waals surface area contributed by atoms with Gasteiger partial charge in [0.25, 0.3) is 5.56 Å². The van der Waals surface area contributed by atoms with Crippen LogP contribution in [0.2, 0.25) is 0 Å². The zero-order valence-electron chi connectivity index (χ0n) is 12.8. The van der Waals surface area contributed by atoms with Gasteiger partial charge in [0.15, 0.2) is 17.4 Å². The minimum absolute atomic E-state index is 0. The Hall–Kier alpha value is -1.96. The topological polar surface area (TPSA) is 68.1 Å². The molecule has 0 aliphatic heterocycles. The van der Waals surface area contributed by atoms with Crippen LogP contribution in [0.5, 0.6) is 5.75 Å². The van der Waals surface area contributed by atoms with Gasteiger partial charge >= 0.3 is 0 Å². The maximum Gasteiger partial charge on any atom is 0.259 e. The van der Waals surface area contributed by atoms with Crippen molar-refractivity contribution in [3.8, 4) is 17.0 Å². The highest BCUT2D eigenvalue weighted by atomic mass is 79.9. The highest BCUT2D eigenvalue weighted by Crippen LogP contribution is 2.35. The fourth-order valence-corrected chi connectivity index (χ4v) is 2.72. The van der Waals surface area contributed by atoms with Crippen LogP contribution in [0.25, 0.3) is 22.0 Å². The molecule has 4 nitrogen and oxygen atoms in total. The summed E-state index contributed by atoms with van der Waals surface area (Å²) < 4.78 is 34.1. The number of nitrogens with two attached hydrogens (primary N) is 1. The molecule has 3 aromatic rings. The summed E-state index contributed by atoms with van der Waals surface area (Å²) in [5, 5.41) is -0.174. The average Bonchev–Trinajstić information content (AvgIpc) is 2.57. The van der Waals surface area contributed by atoms with Crippen molar-refractivity contribution in [3.05, 3.63) is 62.9 Å². The number of hydrogen-bond donors (Lipinski definition) is 2. The highest BCUT2D eigenvalue weighted by molar-refractivity contribution is 9.10. The van der Waals surface area contributed by atoms with Gasteiger partial charge in [0.2, 0.25) is 0 Å². The van der Waals surface area contributed by atoms with Gasteiger partial charge in [-0.05, 0) is 24.3 Å². The summed E-state index contributed by atoms with van der Waals surface area (Å²) >= 11 is 3.34. The normalized spacial score (nSPS) is 10.6. The average molecular weight is 432 g/mol. The van der Waals surface area contributed by atoms with Crippen molar-refractivity contribution in [1.82, 2.24) is 4.98 Å². The third-order valence-corrected chi connectivity index (χ3v) is 4.06. The quantitative estimate of drug-likeness (QED) is 0.656. The van der Waals surface area contributed by atoms with Crippen LogP contribution >= 0.6 is 28.3 Å². The van der Waals surface area contributed by atoms with Gasteiger partial charge in [-0.1, -0.05) is 28.1 Å². The second-order valence-corrected chi connectivity index (χ2v) is 6.00. The van der Waals surface area contributed by atoms with Crippen LogP contribution in [0.3, 0.4) is 0 Å². The summed E-state index contributed by atoms with van der Waals surface area (Å²) in [5.41, 5.74) is 5.82. The predicted molar refractivity (Wildman–Crippen MR) is 99.4 cm³/mol. The number of fused-ring (bicyclic) bond motifs is 1. The third-order valence-electron chi connectivity index (χ3n) is 3.53. The van der Waals surface area contributed by atoms with E-state index in [9.17, 15) is 13.6 Å². The molecule has 1 heterocycles. The molecule has 0 bridgehead atoms. The molecule has 0 amide bonds. The van der Waals surface area contributed by atoms with Crippen molar-refractivity contribution in [2.24, 2.45) is 5.73 Å². The van der Waals surface area contributed by atoms with Crippen LogP contribution in [0, 0.1) is 11.6 Å². The maximum absolute atomic E-state index is 14.1. The molecule has 0 fully saturated rings. The molecule has 132 valence electrons. The lowest BCUT2D eigenvalue weighted by Gasteiger charge is -2.14. The maximum atomic E-state index is 14.1. The van der Waals surface area contributed by atoms with Crippen molar-refractivity contribution in [2.75, 3.05) is 13.2 Å². The molecule has 0 saturated heterocycles. The van der Waals surface area contributed by atoms with Gasteiger partial charge in [-0.3, -0.25) is 4.79 Å². The summed E-state index contributed by atoms with van der Waals surface area (Å²) in [4.78, 5) is 14.9. The molecule has 0 aliphatic carbocycles. The lowest BCUT2D eigenvalue weighted by atomic mass is 10.0. The summed E-state index contributed by atoms with van der Waals surface area (Å²) in [6.07, 6.45) is 0. The predicted octanol–water partition coefficient (Wildman–Crippen LogP) is 4.00. The van der Waals surface area contributed by atoms with Crippen molar-refractivity contribution >= 4 is 39.1 Å². The van der Waals surface area contributed by atoms with Crippen LogP contribution in [0.1, 0.15) is 0 Å². The fourth-order valence-electron chi connectivity index (χ4n) is 2.46. The molecule has 25 heavy (non-hydrogen) atoms. The number of aromatic amines is 1. The Kier molecular flexibility index (Phi) is 6.16. The zero-order valence-corrected chi connectivity index (χ0v) is 15.2. The number of hydrogen-bond acceptors (Lipinski definition) is 3. The number of aromatic nitrogens is 1. The monoisotopic (exact) mass is 430 g/mol. The molecule has 0 saturated carbocycles. The summed E-state index contributed by atoms with van der Waals surface area (Å²) in [5.74, 6) is -2.03. The molecule has 0 radical (unpaired) electrons. The first-order valence-corrected chi connectivity index (χ1v) is 7.95. The molecule has 2 aromatic carbocycles. The Morgan fingerprint density at radius 3 is 2.44 bits per heavy atom. The number of benzene rings is 2. The second kappa shape index (κ2) is 7.95. The van der Waals surface area contributed by atoms with Gasteiger partial charge in [-0.2, -0.15) is 0 Å². The molecule has 0 spiro atoms. The van der Waals surface area contributed by atoms with Crippen LogP contribution in [-0.4, -0.2) is 18.1 Å². The fraction of sp³-hybridized carbons (Fsp3) is 0.118. The van der Waals surface area contributed by atoms with Crippen molar-refractivity contribution in [2.45, 2.75) is 0 Å². The van der Waals surface area contributed by atoms with E-state index in [1.165, 1.54) is 6.07 Å². The molecule has 3 rings (SSSR count). The minimum atomic E-state index is -1.20. The van der Waals surface area contributed by atoms with Crippen LogP contribution in [0.4, 0.5) is 8.78 Å². The number of halogens is 4. The summed E-state index contributed by atoms with van der Waals surface area (Å²) in [6.45, 7) is 0.410. The molecule has 1 aromatic heterocycles. The lowest BCUT2D eigenvalue weighted by molar-refractivity contribution is 0.332.